The van der Waals surface area contributed by atoms with Crippen LogP contribution in [0.4, 0.5) is 57.9 Å². The molecule has 0 saturated heterocycles. The summed E-state index contributed by atoms with van der Waals surface area (Å²) in [6.07, 6.45) is -15.3. The highest BCUT2D eigenvalue weighted by Gasteiger charge is 2.44. The van der Waals surface area contributed by atoms with Gasteiger partial charge in [0.05, 0.1) is 24.5 Å². The minimum atomic E-state index is -5.13. The van der Waals surface area contributed by atoms with Crippen LogP contribution in [0.1, 0.15) is 128 Å². The predicted molar refractivity (Wildman–Crippen MR) is 267 cm³/mol. The fourth-order valence-corrected chi connectivity index (χ4v) is 10.7. The van der Waals surface area contributed by atoms with Crippen LogP contribution in [-0.4, -0.2) is 123 Å². The molecule has 30 heteroatoms. The highest BCUT2D eigenvalue weighted by atomic mass is 127. The van der Waals surface area contributed by atoms with Crippen LogP contribution in [0.25, 0.3) is 0 Å². The van der Waals surface area contributed by atoms with Gasteiger partial charge in [-0.25, -0.2) is 46.3 Å². The zero-order chi connectivity index (χ0) is 61.8. The number of benzene rings is 2. The topological polar surface area (TPSA) is 208 Å². The summed E-state index contributed by atoms with van der Waals surface area (Å²) >= 11 is -1.21. The number of nitrogens with zero attached hydrogens (tertiary/aromatic N) is 6. The number of nitrogens with one attached hydrogen (secondary N) is 3. The van der Waals surface area contributed by atoms with E-state index in [-0.39, 0.29) is 36.5 Å². The van der Waals surface area contributed by atoms with Crippen molar-refractivity contribution in [3.63, 3.8) is 0 Å². The maximum Gasteiger partial charge on any atom is 0.449 e. The monoisotopic (exact) mass is 1300 g/mol. The average molecular weight is 1310 g/mol. The predicted octanol–water partition coefficient (Wildman–Crippen LogP) is 5.09. The van der Waals surface area contributed by atoms with Crippen LogP contribution in [0.5, 0.6) is 0 Å². The minimum Gasteiger partial charge on any atom is -0.456 e. The van der Waals surface area contributed by atoms with Gasteiger partial charge in [-0.2, -0.15) is 26.3 Å². The van der Waals surface area contributed by atoms with Crippen molar-refractivity contribution in [2.24, 2.45) is 0 Å². The molecule has 4 aromatic rings. The molecule has 2 aromatic carbocycles. The van der Waals surface area contributed by atoms with E-state index in [2.05, 4.69) is 25.9 Å². The summed E-state index contributed by atoms with van der Waals surface area (Å²) in [6.45, 7) is 8.50. The van der Waals surface area contributed by atoms with Crippen molar-refractivity contribution in [3.8, 4) is 0 Å². The molecule has 1 unspecified atom stereocenters. The van der Waals surface area contributed by atoms with Crippen molar-refractivity contribution in [3.05, 3.63) is 104 Å². The van der Waals surface area contributed by atoms with Crippen LogP contribution in [-0.2, 0) is 81.6 Å². The minimum absolute atomic E-state index is 0.0133. The molecule has 2 aromatic heterocycles. The second-order valence-corrected chi connectivity index (χ2v) is 24.7. The second kappa shape index (κ2) is 26.0. The lowest BCUT2D eigenvalue weighted by Crippen LogP contribution is -3.64. The molecule has 4 heterocycles. The van der Waals surface area contributed by atoms with E-state index in [0.717, 1.165) is 26.5 Å². The van der Waals surface area contributed by atoms with Gasteiger partial charge in [0.15, 0.2) is 26.9 Å². The van der Waals surface area contributed by atoms with Crippen molar-refractivity contribution in [1.29, 1.82) is 0 Å². The van der Waals surface area contributed by atoms with E-state index in [9.17, 15) is 59.5 Å². The maximum absolute atomic E-state index is 16.7. The van der Waals surface area contributed by atoms with Crippen LogP contribution in [0.15, 0.2) is 18.2 Å². The molecular weight excluding hydrogens is 1240 g/mol. The number of fused-ring (bicyclic) bond motifs is 2. The molecule has 3 atom stereocenters. The zero-order valence-corrected chi connectivity index (χ0v) is 48.7. The third-order valence-electron chi connectivity index (χ3n) is 13.0. The number of amides is 5. The Hall–Kier alpha value is -6.76. The summed E-state index contributed by atoms with van der Waals surface area (Å²) in [6, 6.07) is -0.374. The molecule has 0 spiro atoms. The summed E-state index contributed by atoms with van der Waals surface area (Å²) < 4.78 is 179. The van der Waals surface area contributed by atoms with E-state index in [1.165, 1.54) is 34.6 Å². The van der Waals surface area contributed by atoms with Gasteiger partial charge in [-0.05, 0) is 103 Å². The van der Waals surface area contributed by atoms with Crippen molar-refractivity contribution in [1.82, 2.24) is 44.9 Å². The van der Waals surface area contributed by atoms with Crippen molar-refractivity contribution in [2.45, 2.75) is 153 Å². The third-order valence-corrected chi connectivity index (χ3v) is 15.5. The number of hydrogen-bond acceptors (Lipinski definition) is 11. The zero-order valence-electron chi connectivity index (χ0n) is 46.5. The van der Waals surface area contributed by atoms with Gasteiger partial charge >= 0.3 is 30.5 Å². The van der Waals surface area contributed by atoms with Crippen LogP contribution in [0.2, 0.25) is 0 Å². The van der Waals surface area contributed by atoms with Crippen LogP contribution >= 0.6 is 0 Å². The number of carbonyl (C=O) groups is 6. The normalized spacial score (nSPS) is 14.9. The molecule has 0 saturated carbocycles. The molecular formula is C53H62F11IN9O9+. The average Bonchev–Trinajstić information content (AvgIpc) is 2.85. The fraction of sp³-hybridized carbons (Fsp3) is 0.547. The lowest BCUT2D eigenvalue weighted by atomic mass is 9.97. The van der Waals surface area contributed by atoms with Gasteiger partial charge in [-0.15, -0.1) is 0 Å². The number of alkyl carbamates (subject to hydrolysis) is 2. The molecule has 83 heavy (non-hydrogen) atoms. The Kier molecular flexibility index (Phi) is 20.5. The van der Waals surface area contributed by atoms with Gasteiger partial charge in [0, 0.05) is 69.6 Å². The summed E-state index contributed by atoms with van der Waals surface area (Å²) in [5.41, 5.74) is -5.87. The summed E-state index contributed by atoms with van der Waals surface area (Å²) in [4.78, 5) is 91.2. The first-order valence-corrected chi connectivity index (χ1v) is 29.3. The van der Waals surface area contributed by atoms with Crippen molar-refractivity contribution < 1.29 is 112 Å². The van der Waals surface area contributed by atoms with E-state index >= 15 is 17.6 Å². The molecule has 0 fully saturated rings. The van der Waals surface area contributed by atoms with Crippen molar-refractivity contribution in [2.75, 3.05) is 31.2 Å². The van der Waals surface area contributed by atoms with Crippen LogP contribution < -0.4 is 37.2 Å². The Labute approximate surface area is 479 Å². The fourth-order valence-electron chi connectivity index (χ4n) is 9.23. The van der Waals surface area contributed by atoms with Gasteiger partial charge in [-0.3, -0.25) is 14.4 Å². The molecule has 2 aliphatic heterocycles. The molecule has 2 aliphatic rings. The number of ether oxygens (including phenoxy) is 3. The first kappa shape index (κ1) is 65.4. The third kappa shape index (κ3) is 16.7. The van der Waals surface area contributed by atoms with Gasteiger partial charge in [0.1, 0.15) is 40.2 Å². The molecule has 3 N–H and O–H groups in total. The Morgan fingerprint density at radius 2 is 1.11 bits per heavy atom. The summed E-state index contributed by atoms with van der Waals surface area (Å²) in [5, 5.41) is 7.27. The highest BCUT2D eigenvalue weighted by molar-refractivity contribution is 5.94. The van der Waals surface area contributed by atoms with E-state index in [1.54, 1.807) is 25.7 Å². The van der Waals surface area contributed by atoms with Crippen LogP contribution in [0, 0.1) is 36.0 Å². The smallest absolute Gasteiger partial charge is 0.449 e. The van der Waals surface area contributed by atoms with E-state index in [1.807, 2.05) is 0 Å². The Morgan fingerprint density at radius 1 is 0.639 bits per heavy atom. The maximum atomic E-state index is 16.7. The second-order valence-electron chi connectivity index (χ2n) is 21.7. The molecule has 5 amide bonds. The Balaban J connectivity index is 1.20. The largest absolute Gasteiger partial charge is 0.456 e. The lowest BCUT2D eigenvalue weighted by Gasteiger charge is -2.31. The molecule has 0 aliphatic carbocycles. The quantitative estimate of drug-likeness (QED) is 0.0299. The first-order chi connectivity index (χ1) is 38.5. The summed E-state index contributed by atoms with van der Waals surface area (Å²) in [7, 11) is 0. The van der Waals surface area contributed by atoms with E-state index < -0.39 is 230 Å². The van der Waals surface area contributed by atoms with E-state index in [0.29, 0.717) is 10.6 Å². The number of aryl methyl sites for hydroxylation is 1. The molecule has 0 bridgehead atoms. The molecule has 18 nitrogen and oxygen atoms in total. The number of carbonyl (C=O) groups excluding carboxylic acids is 6. The number of hydrogen-bond donors (Lipinski definition) is 3. The van der Waals surface area contributed by atoms with Gasteiger partial charge in [0.25, 0.3) is 27.1 Å². The number of imidazole rings is 2. The number of esters is 1. The molecule has 456 valence electrons. The highest BCUT2D eigenvalue weighted by Crippen LogP contribution is 2.35. The lowest BCUT2D eigenvalue weighted by molar-refractivity contribution is -0.664. The molecule has 6 rings (SSSR count). The number of rotatable bonds is 18. The Morgan fingerprint density at radius 3 is 1.58 bits per heavy atom. The number of aromatic nitrogens is 4. The Bertz CT molecular complexity index is 3120. The summed E-state index contributed by atoms with van der Waals surface area (Å²) in [5.74, 6) is -13.0. The van der Waals surface area contributed by atoms with E-state index in [4.69, 9.17) is 14.2 Å². The van der Waals surface area contributed by atoms with Gasteiger partial charge < -0.3 is 49.1 Å². The number of alkyl halides is 8. The van der Waals surface area contributed by atoms with Gasteiger partial charge in [0.2, 0.25) is 23.5 Å². The van der Waals surface area contributed by atoms with Gasteiger partial charge in [-0.1, -0.05) is 0 Å². The molecule has 0 radical (unpaired) electrons. The SMILES string of the molecule is CCNC(=O)c1nc(C(F)(F)F)n2c1CN(C(=O)C[C@@H](Cc1cc(F)c(F)c(CC(COC(=O)c3nc(C(F)(F)F)n4c3CN(C(=O)C[C@@H](Cc3cc(F)c(C)cc3F)NC(=O)OC(C)(C)C)CC4)[I+]C)c1F)NC(=O)OC(C)(C)C)CC2. The van der Waals surface area contributed by atoms with Crippen molar-refractivity contribution >= 4 is 35.9 Å². The van der Waals surface area contributed by atoms with Crippen LogP contribution in [0.3, 0.4) is 0 Å². The first-order valence-electron chi connectivity index (χ1n) is 25.9. The number of halogens is 12. The standard InChI is InChI=1S/C53H61F11IN9O9/c1-10-66-44(77)42-36-23-71(11-13-73(36)46(69-42)52(59,60)61)39(76)22-31(68-49(80)83-51(6,7)8)17-28-19-35(56)41(58)32(40(28)57)20-29(65-9)25-81-45(78)43-37-24-72(12-14-74(37)47(70-43)53(62,63)64)38(75)21-30(67-48(79)82-50(3,4)5)16-27-18-33(54)26(2)15-34(27)55/h15,18-19,29-31H,10-14,16-17,20-25H2,1-9H3,(H2-,66,67,68,77,79,80)/p+1/t29?,30-,31-/m1/s1.